The number of hydrogen-bond acceptors (Lipinski definition) is 5. The standard InChI is InChI=1S/C26H31ClN4O2S/c27-23-9-7-22(8-10-23)26(21-5-2-1-3-6-21)31-19-17-30(18-20-31)16-4-15-29-34(32,33)25-13-11-24(28)12-14-25/h1-3,5-14,26,29H,4,15-20,28H2/t26-/m1/s1. The average molecular weight is 499 g/mol. The van der Waals surface area contributed by atoms with E-state index in [1.807, 2.05) is 18.2 Å². The summed E-state index contributed by atoms with van der Waals surface area (Å²) in [6.07, 6.45) is 0.757. The van der Waals surface area contributed by atoms with Crippen molar-refractivity contribution in [3.63, 3.8) is 0 Å². The van der Waals surface area contributed by atoms with Crippen LogP contribution in [0.15, 0.2) is 83.8 Å². The maximum absolute atomic E-state index is 12.4. The van der Waals surface area contributed by atoms with E-state index in [9.17, 15) is 8.42 Å². The summed E-state index contributed by atoms with van der Waals surface area (Å²) < 4.78 is 27.5. The molecular weight excluding hydrogens is 468 g/mol. The first-order valence-corrected chi connectivity index (χ1v) is 13.4. The molecule has 0 saturated carbocycles. The monoisotopic (exact) mass is 498 g/mol. The lowest BCUT2D eigenvalue weighted by Crippen LogP contribution is -2.48. The highest BCUT2D eigenvalue weighted by molar-refractivity contribution is 7.89. The Morgan fingerprint density at radius 1 is 0.853 bits per heavy atom. The molecule has 0 bridgehead atoms. The molecule has 1 atom stereocenters. The first-order chi connectivity index (χ1) is 16.4. The number of nitrogens with zero attached hydrogens (tertiary/aromatic N) is 2. The summed E-state index contributed by atoms with van der Waals surface area (Å²) in [6, 6.07) is 25.1. The fourth-order valence-electron chi connectivity index (χ4n) is 4.38. The van der Waals surface area contributed by atoms with Crippen molar-refractivity contribution in [3.8, 4) is 0 Å². The number of rotatable bonds is 9. The van der Waals surface area contributed by atoms with Gasteiger partial charge in [0.05, 0.1) is 10.9 Å². The summed E-state index contributed by atoms with van der Waals surface area (Å²) >= 11 is 6.13. The second kappa shape index (κ2) is 11.3. The van der Waals surface area contributed by atoms with Crippen molar-refractivity contribution < 1.29 is 8.42 Å². The third-order valence-corrected chi connectivity index (χ3v) is 7.94. The fourth-order valence-corrected chi connectivity index (χ4v) is 5.58. The van der Waals surface area contributed by atoms with Gasteiger partial charge < -0.3 is 10.6 Å². The molecule has 34 heavy (non-hydrogen) atoms. The van der Waals surface area contributed by atoms with Gasteiger partial charge >= 0.3 is 0 Å². The Bertz CT molecular complexity index is 1150. The van der Waals surface area contributed by atoms with E-state index in [0.717, 1.165) is 44.2 Å². The highest BCUT2D eigenvalue weighted by Gasteiger charge is 2.26. The molecule has 180 valence electrons. The third-order valence-electron chi connectivity index (χ3n) is 6.21. The Morgan fingerprint density at radius 3 is 2.12 bits per heavy atom. The van der Waals surface area contributed by atoms with Gasteiger partial charge in [-0.25, -0.2) is 13.1 Å². The minimum Gasteiger partial charge on any atom is -0.399 e. The van der Waals surface area contributed by atoms with Gasteiger partial charge in [0.2, 0.25) is 10.0 Å². The van der Waals surface area contributed by atoms with Crippen molar-refractivity contribution in [2.45, 2.75) is 17.4 Å². The summed E-state index contributed by atoms with van der Waals surface area (Å²) in [7, 11) is -3.51. The van der Waals surface area contributed by atoms with Gasteiger partial charge in [0.15, 0.2) is 0 Å². The number of hydrogen-bond donors (Lipinski definition) is 2. The van der Waals surface area contributed by atoms with Crippen LogP contribution in [0.2, 0.25) is 5.02 Å². The van der Waals surface area contributed by atoms with E-state index in [4.69, 9.17) is 17.3 Å². The van der Waals surface area contributed by atoms with Crippen LogP contribution in [0.4, 0.5) is 5.69 Å². The Morgan fingerprint density at radius 2 is 1.47 bits per heavy atom. The predicted molar refractivity (Wildman–Crippen MR) is 138 cm³/mol. The zero-order valence-corrected chi connectivity index (χ0v) is 20.7. The summed E-state index contributed by atoms with van der Waals surface area (Å²) in [4.78, 5) is 5.15. The second-order valence-electron chi connectivity index (χ2n) is 8.56. The van der Waals surface area contributed by atoms with E-state index in [-0.39, 0.29) is 10.9 Å². The maximum atomic E-state index is 12.4. The van der Waals surface area contributed by atoms with E-state index in [1.54, 1.807) is 12.1 Å². The molecule has 1 heterocycles. The van der Waals surface area contributed by atoms with Gasteiger partial charge in [-0.05, 0) is 60.5 Å². The Hall–Kier alpha value is -2.42. The zero-order valence-electron chi connectivity index (χ0n) is 19.1. The molecule has 0 radical (unpaired) electrons. The average Bonchev–Trinajstić information content (AvgIpc) is 2.85. The number of anilines is 1. The Balaban J connectivity index is 1.29. The number of nitrogens with two attached hydrogens (primary N) is 1. The molecule has 1 fully saturated rings. The molecule has 6 nitrogen and oxygen atoms in total. The highest BCUT2D eigenvalue weighted by Crippen LogP contribution is 2.30. The predicted octanol–water partition coefficient (Wildman–Crippen LogP) is 4.00. The summed E-state index contributed by atoms with van der Waals surface area (Å²) in [5, 5.41) is 0.743. The first kappa shape index (κ1) is 24.7. The van der Waals surface area contributed by atoms with Crippen LogP contribution in [0.5, 0.6) is 0 Å². The molecule has 3 aromatic rings. The van der Waals surface area contributed by atoms with Crippen LogP contribution in [0.25, 0.3) is 0 Å². The number of benzene rings is 3. The van der Waals surface area contributed by atoms with Gasteiger partial charge in [0.1, 0.15) is 0 Å². The molecule has 1 aliphatic rings. The SMILES string of the molecule is Nc1ccc(S(=O)(=O)NCCCN2CCN([C@H](c3ccccc3)c3ccc(Cl)cc3)CC2)cc1. The van der Waals surface area contributed by atoms with Gasteiger partial charge in [0.25, 0.3) is 0 Å². The van der Waals surface area contributed by atoms with Crippen LogP contribution in [0.3, 0.4) is 0 Å². The normalized spacial score (nSPS) is 16.4. The lowest BCUT2D eigenvalue weighted by Gasteiger charge is -2.40. The van der Waals surface area contributed by atoms with Crippen LogP contribution in [-0.2, 0) is 10.0 Å². The number of sulfonamides is 1. The molecule has 3 N–H and O–H groups in total. The smallest absolute Gasteiger partial charge is 0.240 e. The second-order valence-corrected chi connectivity index (χ2v) is 10.8. The molecule has 4 rings (SSSR count). The summed E-state index contributed by atoms with van der Waals surface area (Å²) in [6.45, 7) is 5.04. The topological polar surface area (TPSA) is 78.7 Å². The maximum Gasteiger partial charge on any atom is 0.240 e. The molecular formula is C26H31ClN4O2S. The number of nitrogen functional groups attached to an aromatic ring is 1. The molecule has 1 aliphatic heterocycles. The lowest BCUT2D eigenvalue weighted by molar-refractivity contribution is 0.109. The Labute approximate surface area is 207 Å². The van der Waals surface area contributed by atoms with Gasteiger partial charge in [-0.2, -0.15) is 0 Å². The molecule has 0 unspecified atom stereocenters. The minimum absolute atomic E-state index is 0.187. The first-order valence-electron chi connectivity index (χ1n) is 11.5. The van der Waals surface area contributed by atoms with Crippen LogP contribution in [0, 0.1) is 0 Å². The van der Waals surface area contributed by atoms with Gasteiger partial charge in [0, 0.05) is 43.4 Å². The minimum atomic E-state index is -3.51. The van der Waals surface area contributed by atoms with Gasteiger partial charge in [-0.3, -0.25) is 4.90 Å². The van der Waals surface area contributed by atoms with E-state index in [0.29, 0.717) is 12.2 Å². The van der Waals surface area contributed by atoms with Gasteiger partial charge in [-0.15, -0.1) is 0 Å². The Kier molecular flexibility index (Phi) is 8.24. The zero-order chi connectivity index (χ0) is 24.0. The highest BCUT2D eigenvalue weighted by atomic mass is 35.5. The number of piperazine rings is 1. The van der Waals surface area contributed by atoms with Crippen molar-refractivity contribution in [1.82, 2.24) is 14.5 Å². The fraction of sp³-hybridized carbons (Fsp3) is 0.308. The number of nitrogens with one attached hydrogen (secondary N) is 1. The van der Waals surface area contributed by atoms with E-state index in [1.165, 1.54) is 23.3 Å². The van der Waals surface area contributed by atoms with Gasteiger partial charge in [-0.1, -0.05) is 54.1 Å². The van der Waals surface area contributed by atoms with Crippen molar-refractivity contribution in [1.29, 1.82) is 0 Å². The summed E-state index contributed by atoms with van der Waals surface area (Å²) in [5.41, 5.74) is 8.70. The summed E-state index contributed by atoms with van der Waals surface area (Å²) in [5.74, 6) is 0. The molecule has 3 aromatic carbocycles. The molecule has 1 saturated heterocycles. The van der Waals surface area contributed by atoms with Crippen molar-refractivity contribution in [2.75, 3.05) is 45.0 Å². The molecule has 0 aliphatic carbocycles. The quantitative estimate of drug-likeness (QED) is 0.344. The molecule has 0 spiro atoms. The van der Waals surface area contributed by atoms with E-state index in [2.05, 4.69) is 50.9 Å². The number of halogens is 1. The molecule has 0 amide bonds. The third kappa shape index (κ3) is 6.37. The van der Waals surface area contributed by atoms with Crippen LogP contribution >= 0.6 is 11.6 Å². The van der Waals surface area contributed by atoms with E-state index >= 15 is 0 Å². The molecule has 8 heteroatoms. The van der Waals surface area contributed by atoms with Crippen molar-refractivity contribution in [2.24, 2.45) is 0 Å². The van der Waals surface area contributed by atoms with Crippen LogP contribution < -0.4 is 10.5 Å². The van der Waals surface area contributed by atoms with Crippen molar-refractivity contribution >= 4 is 27.3 Å². The van der Waals surface area contributed by atoms with Crippen LogP contribution in [-0.4, -0.2) is 57.5 Å². The van der Waals surface area contributed by atoms with Crippen LogP contribution in [0.1, 0.15) is 23.6 Å². The molecule has 0 aromatic heterocycles. The van der Waals surface area contributed by atoms with Crippen molar-refractivity contribution in [3.05, 3.63) is 95.0 Å². The lowest BCUT2D eigenvalue weighted by atomic mass is 9.96. The van der Waals surface area contributed by atoms with E-state index < -0.39 is 10.0 Å². The largest absolute Gasteiger partial charge is 0.399 e.